The van der Waals surface area contributed by atoms with Crippen molar-refractivity contribution in [3.8, 4) is 11.5 Å². The van der Waals surface area contributed by atoms with Gasteiger partial charge in [0.2, 0.25) is 0 Å². The van der Waals surface area contributed by atoms with Gasteiger partial charge in [-0.1, -0.05) is 28.1 Å². The highest BCUT2D eigenvalue weighted by atomic mass is 79.9. The average molecular weight is 352 g/mol. The summed E-state index contributed by atoms with van der Waals surface area (Å²) in [4.78, 5) is 0. The maximum atomic E-state index is 13.1. The number of nitrogens with one attached hydrogen (secondary N) is 1. The van der Waals surface area contributed by atoms with Crippen LogP contribution in [-0.4, -0.2) is 5.54 Å². The maximum absolute atomic E-state index is 13.1. The fraction of sp³-hybridized carbons (Fsp3) is 0.294. The van der Waals surface area contributed by atoms with Crippen LogP contribution in [0.3, 0.4) is 0 Å². The Hall–Kier alpha value is -1.39. The summed E-state index contributed by atoms with van der Waals surface area (Å²) in [6.07, 6.45) is 0. The van der Waals surface area contributed by atoms with Gasteiger partial charge in [-0.25, -0.2) is 4.39 Å². The molecule has 0 atom stereocenters. The van der Waals surface area contributed by atoms with Crippen LogP contribution in [0.2, 0.25) is 0 Å². The van der Waals surface area contributed by atoms with Gasteiger partial charge in [0.1, 0.15) is 17.3 Å². The summed E-state index contributed by atoms with van der Waals surface area (Å²) in [5, 5.41) is 3.44. The number of ether oxygens (including phenoxy) is 1. The molecule has 0 amide bonds. The molecule has 4 heteroatoms. The van der Waals surface area contributed by atoms with Gasteiger partial charge in [-0.2, -0.15) is 0 Å². The van der Waals surface area contributed by atoms with Gasteiger partial charge in [0.25, 0.3) is 0 Å². The lowest BCUT2D eigenvalue weighted by Gasteiger charge is -2.21. The van der Waals surface area contributed by atoms with Gasteiger partial charge in [0.15, 0.2) is 0 Å². The summed E-state index contributed by atoms with van der Waals surface area (Å²) in [7, 11) is 0. The first-order valence-electron chi connectivity index (χ1n) is 6.80. The summed E-state index contributed by atoms with van der Waals surface area (Å²) in [5.41, 5.74) is 1.22. The van der Waals surface area contributed by atoms with Crippen LogP contribution in [0.4, 0.5) is 4.39 Å². The second-order valence-corrected chi connectivity index (χ2v) is 6.77. The molecule has 0 aliphatic rings. The molecule has 0 unspecified atom stereocenters. The van der Waals surface area contributed by atoms with E-state index >= 15 is 0 Å². The van der Waals surface area contributed by atoms with E-state index in [9.17, 15) is 4.39 Å². The summed E-state index contributed by atoms with van der Waals surface area (Å²) in [6, 6.07) is 11.9. The Morgan fingerprint density at radius 3 is 2.43 bits per heavy atom. The van der Waals surface area contributed by atoms with Gasteiger partial charge >= 0.3 is 0 Å². The minimum absolute atomic E-state index is 0.0657. The second kappa shape index (κ2) is 6.58. The Balaban J connectivity index is 2.08. The molecule has 2 aromatic carbocycles. The monoisotopic (exact) mass is 351 g/mol. The smallest absolute Gasteiger partial charge is 0.130 e. The third-order valence-corrected chi connectivity index (χ3v) is 3.60. The lowest BCUT2D eigenvalue weighted by molar-refractivity contribution is 0.423. The van der Waals surface area contributed by atoms with Crippen LogP contribution in [0.25, 0.3) is 0 Å². The molecule has 0 bridgehead atoms. The van der Waals surface area contributed by atoms with Gasteiger partial charge in [-0.3, -0.25) is 0 Å². The highest BCUT2D eigenvalue weighted by Crippen LogP contribution is 2.27. The molecule has 2 aromatic rings. The summed E-state index contributed by atoms with van der Waals surface area (Å²) < 4.78 is 19.7. The lowest BCUT2D eigenvalue weighted by atomic mass is 10.1. The minimum atomic E-state index is -0.308. The van der Waals surface area contributed by atoms with E-state index in [4.69, 9.17) is 4.74 Å². The van der Waals surface area contributed by atoms with Crippen molar-refractivity contribution in [2.75, 3.05) is 0 Å². The van der Waals surface area contributed by atoms with Crippen molar-refractivity contribution >= 4 is 15.9 Å². The second-order valence-electron chi connectivity index (χ2n) is 5.92. The molecular formula is C17H19BrFNO. The molecule has 0 aliphatic carbocycles. The molecule has 1 N–H and O–H groups in total. The fourth-order valence-corrected chi connectivity index (χ4v) is 2.26. The van der Waals surface area contributed by atoms with Crippen molar-refractivity contribution in [2.45, 2.75) is 32.9 Å². The topological polar surface area (TPSA) is 21.3 Å². The average Bonchev–Trinajstić information content (AvgIpc) is 2.36. The Bertz CT molecular complexity index is 622. The van der Waals surface area contributed by atoms with E-state index in [0.717, 1.165) is 16.6 Å². The predicted octanol–water partition coefficient (Wildman–Crippen LogP) is 5.27. The third-order valence-electron chi connectivity index (χ3n) is 2.87. The largest absolute Gasteiger partial charge is 0.457 e. The molecule has 2 nitrogen and oxygen atoms in total. The van der Waals surface area contributed by atoms with Crippen molar-refractivity contribution in [3.05, 3.63) is 58.3 Å². The number of benzene rings is 2. The zero-order chi connectivity index (χ0) is 15.5. The zero-order valence-corrected chi connectivity index (χ0v) is 14.0. The van der Waals surface area contributed by atoms with E-state index in [-0.39, 0.29) is 11.4 Å². The molecule has 0 radical (unpaired) electrons. The van der Waals surface area contributed by atoms with Crippen LogP contribution in [-0.2, 0) is 6.54 Å². The standard InChI is InChI=1S/C17H19BrFNO/c1-17(2,3)20-11-12-7-8-15(10-16(12)18)21-14-6-4-5-13(19)9-14/h4-10,20H,11H2,1-3H3. The van der Waals surface area contributed by atoms with Gasteiger partial charge in [0.05, 0.1) is 0 Å². The molecular weight excluding hydrogens is 333 g/mol. The highest BCUT2D eigenvalue weighted by Gasteiger charge is 2.10. The van der Waals surface area contributed by atoms with Crippen molar-refractivity contribution in [1.29, 1.82) is 0 Å². The first-order valence-corrected chi connectivity index (χ1v) is 7.60. The maximum Gasteiger partial charge on any atom is 0.130 e. The Morgan fingerprint density at radius 2 is 1.81 bits per heavy atom. The SMILES string of the molecule is CC(C)(C)NCc1ccc(Oc2cccc(F)c2)cc1Br. The van der Waals surface area contributed by atoms with Crippen LogP contribution in [0.5, 0.6) is 11.5 Å². The molecule has 0 aromatic heterocycles. The Morgan fingerprint density at radius 1 is 1.10 bits per heavy atom. The predicted molar refractivity (Wildman–Crippen MR) is 87.2 cm³/mol. The van der Waals surface area contributed by atoms with Crippen LogP contribution in [0, 0.1) is 5.82 Å². The van der Waals surface area contributed by atoms with Gasteiger partial charge in [0, 0.05) is 22.6 Å². The Kier molecular flexibility index (Phi) is 5.01. The third kappa shape index (κ3) is 5.14. The van der Waals surface area contributed by atoms with E-state index in [1.807, 2.05) is 18.2 Å². The van der Waals surface area contributed by atoms with Gasteiger partial charge in [-0.15, -0.1) is 0 Å². The van der Waals surface area contributed by atoms with Crippen LogP contribution >= 0.6 is 15.9 Å². The Labute approximate surface area is 133 Å². The van der Waals surface area contributed by atoms with E-state index in [1.54, 1.807) is 12.1 Å². The molecule has 0 fully saturated rings. The fourth-order valence-electron chi connectivity index (χ4n) is 1.76. The minimum Gasteiger partial charge on any atom is -0.457 e. The number of hydrogen-bond acceptors (Lipinski definition) is 2. The molecule has 21 heavy (non-hydrogen) atoms. The summed E-state index contributed by atoms with van der Waals surface area (Å²) in [6.45, 7) is 7.15. The first-order chi connectivity index (χ1) is 9.83. The lowest BCUT2D eigenvalue weighted by Crippen LogP contribution is -2.35. The molecule has 0 spiro atoms. The summed E-state index contributed by atoms with van der Waals surface area (Å²) in [5.74, 6) is 0.854. The first kappa shape index (κ1) is 16.0. The molecule has 112 valence electrons. The molecule has 2 rings (SSSR count). The molecule has 0 aliphatic heterocycles. The van der Waals surface area contributed by atoms with Crippen LogP contribution < -0.4 is 10.1 Å². The van der Waals surface area contributed by atoms with Crippen LogP contribution in [0.15, 0.2) is 46.9 Å². The van der Waals surface area contributed by atoms with Gasteiger partial charge < -0.3 is 10.1 Å². The quantitative estimate of drug-likeness (QED) is 0.810. The molecule has 0 saturated carbocycles. The van der Waals surface area contributed by atoms with E-state index in [1.165, 1.54) is 12.1 Å². The molecule has 0 heterocycles. The van der Waals surface area contributed by atoms with Crippen molar-refractivity contribution in [1.82, 2.24) is 5.32 Å². The zero-order valence-electron chi connectivity index (χ0n) is 12.4. The summed E-state index contributed by atoms with van der Waals surface area (Å²) >= 11 is 3.55. The number of halogens is 2. The molecule has 0 saturated heterocycles. The van der Waals surface area contributed by atoms with Crippen molar-refractivity contribution < 1.29 is 9.13 Å². The number of rotatable bonds is 4. The van der Waals surface area contributed by atoms with E-state index < -0.39 is 0 Å². The van der Waals surface area contributed by atoms with Gasteiger partial charge in [-0.05, 0) is 50.6 Å². The van der Waals surface area contributed by atoms with Crippen LogP contribution in [0.1, 0.15) is 26.3 Å². The normalized spacial score (nSPS) is 11.5. The van der Waals surface area contributed by atoms with E-state index in [0.29, 0.717) is 11.5 Å². The van der Waals surface area contributed by atoms with E-state index in [2.05, 4.69) is 42.0 Å². The van der Waals surface area contributed by atoms with Crippen molar-refractivity contribution in [2.24, 2.45) is 0 Å². The number of hydrogen-bond donors (Lipinski definition) is 1. The highest BCUT2D eigenvalue weighted by molar-refractivity contribution is 9.10. The van der Waals surface area contributed by atoms with Crippen molar-refractivity contribution in [3.63, 3.8) is 0 Å².